The van der Waals surface area contributed by atoms with Gasteiger partial charge in [0.2, 0.25) is 0 Å². The second-order valence-electron chi connectivity index (χ2n) is 9.30. The Bertz CT molecular complexity index is 1990. The molecule has 0 aliphatic heterocycles. The highest BCUT2D eigenvalue weighted by molar-refractivity contribution is 6.25. The number of fused-ring (bicyclic) bond motifs is 2. The quantitative estimate of drug-likeness (QED) is 0.191. The zero-order valence-corrected chi connectivity index (χ0v) is 19.0. The van der Waals surface area contributed by atoms with Gasteiger partial charge < -0.3 is 4.42 Å². The highest BCUT2D eigenvalue weighted by Gasteiger charge is 2.19. The third-order valence-electron chi connectivity index (χ3n) is 7.39. The molecule has 8 rings (SSSR count). The molecule has 0 unspecified atom stereocenters. The molecule has 8 aromatic rings. The lowest BCUT2D eigenvalue weighted by Crippen LogP contribution is -1.90. The van der Waals surface area contributed by atoms with E-state index < -0.39 is 0 Å². The fourth-order valence-corrected chi connectivity index (χ4v) is 5.95. The summed E-state index contributed by atoms with van der Waals surface area (Å²) < 4.78 is 6.39. The molecule has 1 nitrogen and oxygen atoms in total. The number of rotatable bonds is 2. The van der Waals surface area contributed by atoms with Crippen LogP contribution in [-0.2, 0) is 0 Å². The Morgan fingerprint density at radius 3 is 1.63 bits per heavy atom. The van der Waals surface area contributed by atoms with Crippen LogP contribution in [0.15, 0.2) is 126 Å². The minimum Gasteiger partial charge on any atom is -0.456 e. The topological polar surface area (TPSA) is 13.1 Å². The minimum absolute atomic E-state index is 0.949. The zero-order chi connectivity index (χ0) is 22.9. The highest BCUT2D eigenvalue weighted by atomic mass is 16.3. The Morgan fingerprint density at radius 1 is 0.371 bits per heavy atom. The smallest absolute Gasteiger partial charge is 0.136 e. The second-order valence-corrected chi connectivity index (χ2v) is 9.30. The minimum atomic E-state index is 0.949. The molecule has 1 heterocycles. The van der Waals surface area contributed by atoms with Crippen LogP contribution in [0.4, 0.5) is 0 Å². The van der Waals surface area contributed by atoms with E-state index >= 15 is 0 Å². The second kappa shape index (κ2) is 6.94. The zero-order valence-electron chi connectivity index (χ0n) is 19.0. The number of benzene rings is 7. The Morgan fingerprint density at radius 2 is 0.943 bits per heavy atom. The van der Waals surface area contributed by atoms with Gasteiger partial charge in [-0.1, -0.05) is 103 Å². The van der Waals surface area contributed by atoms with E-state index in [1.165, 1.54) is 65.3 Å². The molecule has 0 spiro atoms. The van der Waals surface area contributed by atoms with E-state index in [0.717, 1.165) is 11.2 Å². The molecule has 0 atom stereocenters. The van der Waals surface area contributed by atoms with Crippen LogP contribution in [0.2, 0.25) is 0 Å². The van der Waals surface area contributed by atoms with E-state index in [1.54, 1.807) is 0 Å². The van der Waals surface area contributed by atoms with Gasteiger partial charge in [0.25, 0.3) is 0 Å². The molecule has 0 aliphatic carbocycles. The normalized spacial score (nSPS) is 12.0. The average molecular weight is 445 g/mol. The van der Waals surface area contributed by atoms with Crippen LogP contribution in [0.1, 0.15) is 0 Å². The van der Waals surface area contributed by atoms with Crippen LogP contribution < -0.4 is 0 Å². The molecule has 0 amide bonds. The van der Waals surface area contributed by atoms with Crippen LogP contribution in [0.3, 0.4) is 0 Å². The lowest BCUT2D eigenvalue weighted by Gasteiger charge is -2.18. The summed E-state index contributed by atoms with van der Waals surface area (Å²) in [4.78, 5) is 0. The predicted molar refractivity (Wildman–Crippen MR) is 148 cm³/mol. The van der Waals surface area contributed by atoms with Crippen molar-refractivity contribution in [2.45, 2.75) is 0 Å². The fraction of sp³-hybridized carbons (Fsp3) is 0. The van der Waals surface area contributed by atoms with Gasteiger partial charge in [0, 0.05) is 10.8 Å². The maximum atomic E-state index is 6.39. The van der Waals surface area contributed by atoms with E-state index in [-0.39, 0.29) is 0 Å². The molecule has 0 bridgehead atoms. The molecule has 35 heavy (non-hydrogen) atoms. The Hall–Kier alpha value is -4.62. The van der Waals surface area contributed by atoms with E-state index in [2.05, 4.69) is 121 Å². The van der Waals surface area contributed by atoms with Gasteiger partial charge in [0.05, 0.1) is 0 Å². The molecule has 0 radical (unpaired) electrons. The monoisotopic (exact) mass is 444 g/mol. The van der Waals surface area contributed by atoms with E-state index in [0.29, 0.717) is 0 Å². The van der Waals surface area contributed by atoms with Crippen molar-refractivity contribution in [1.29, 1.82) is 0 Å². The van der Waals surface area contributed by atoms with Gasteiger partial charge in [-0.15, -0.1) is 0 Å². The van der Waals surface area contributed by atoms with E-state index in [9.17, 15) is 0 Å². The highest BCUT2D eigenvalue weighted by Crippen LogP contribution is 2.46. The molecule has 0 aliphatic rings. The maximum Gasteiger partial charge on any atom is 0.136 e. The lowest BCUT2D eigenvalue weighted by atomic mass is 9.85. The lowest BCUT2D eigenvalue weighted by molar-refractivity contribution is 0.669. The standard InChI is InChI=1S/C34H20O/c1-2-9-21(10-3-1)31-25-12-4-6-14-27(25)32(28-15-7-5-13-26(28)31)24-19-23-18-17-22-11-8-16-29-33(22)34(23)30(20-24)35-29/h1-20H. The third kappa shape index (κ3) is 2.58. The van der Waals surface area contributed by atoms with Crippen molar-refractivity contribution in [3.8, 4) is 22.3 Å². The number of hydrogen-bond donors (Lipinski definition) is 0. The van der Waals surface area contributed by atoms with Gasteiger partial charge in [0.1, 0.15) is 11.2 Å². The van der Waals surface area contributed by atoms with Gasteiger partial charge in [-0.05, 0) is 72.8 Å². The predicted octanol–water partition coefficient (Wildman–Crippen LogP) is 9.82. The van der Waals surface area contributed by atoms with Crippen molar-refractivity contribution in [1.82, 2.24) is 0 Å². The molecule has 7 aromatic carbocycles. The number of hydrogen-bond acceptors (Lipinski definition) is 1. The van der Waals surface area contributed by atoms with Gasteiger partial charge in [0.15, 0.2) is 0 Å². The van der Waals surface area contributed by atoms with Crippen LogP contribution in [-0.4, -0.2) is 0 Å². The van der Waals surface area contributed by atoms with Crippen molar-refractivity contribution in [2.75, 3.05) is 0 Å². The first kappa shape index (κ1) is 18.8. The van der Waals surface area contributed by atoms with Crippen LogP contribution >= 0.6 is 0 Å². The molecule has 162 valence electrons. The SMILES string of the molecule is c1ccc(-c2c3ccccc3c(-c3cc4ccc5cccc6oc(c3)c4c56)c3ccccc23)cc1. The summed E-state index contributed by atoms with van der Waals surface area (Å²) in [7, 11) is 0. The molecule has 1 heteroatoms. The Labute approximate surface area is 202 Å². The van der Waals surface area contributed by atoms with Gasteiger partial charge in [-0.3, -0.25) is 0 Å². The van der Waals surface area contributed by atoms with E-state index in [1.807, 2.05) is 0 Å². The first-order valence-electron chi connectivity index (χ1n) is 12.0. The number of furan rings is 1. The molecule has 1 aromatic heterocycles. The molecule has 0 saturated carbocycles. The molecular weight excluding hydrogens is 424 g/mol. The summed E-state index contributed by atoms with van der Waals surface area (Å²) in [6, 6.07) is 43.6. The van der Waals surface area contributed by atoms with Crippen molar-refractivity contribution in [2.24, 2.45) is 0 Å². The molecular formula is C34H20O. The van der Waals surface area contributed by atoms with Crippen LogP contribution in [0, 0.1) is 0 Å². The van der Waals surface area contributed by atoms with Crippen molar-refractivity contribution in [3.05, 3.63) is 121 Å². The largest absolute Gasteiger partial charge is 0.456 e. The fourth-order valence-electron chi connectivity index (χ4n) is 5.95. The van der Waals surface area contributed by atoms with Gasteiger partial charge in [-0.25, -0.2) is 0 Å². The third-order valence-corrected chi connectivity index (χ3v) is 7.39. The molecule has 0 N–H and O–H groups in total. The maximum absolute atomic E-state index is 6.39. The van der Waals surface area contributed by atoms with Crippen molar-refractivity contribution < 1.29 is 4.42 Å². The summed E-state index contributed by atoms with van der Waals surface area (Å²) in [6.45, 7) is 0. The summed E-state index contributed by atoms with van der Waals surface area (Å²) >= 11 is 0. The summed E-state index contributed by atoms with van der Waals surface area (Å²) in [5.74, 6) is 0. The first-order chi connectivity index (χ1) is 17.4. The molecule has 0 saturated heterocycles. The van der Waals surface area contributed by atoms with Crippen LogP contribution in [0.5, 0.6) is 0 Å². The van der Waals surface area contributed by atoms with Crippen molar-refractivity contribution >= 4 is 54.3 Å². The van der Waals surface area contributed by atoms with Crippen molar-refractivity contribution in [3.63, 3.8) is 0 Å². The first-order valence-corrected chi connectivity index (χ1v) is 12.0. The summed E-state index contributed by atoms with van der Waals surface area (Å²) in [5.41, 5.74) is 6.88. The Balaban J connectivity index is 1.54. The van der Waals surface area contributed by atoms with Gasteiger partial charge >= 0.3 is 0 Å². The van der Waals surface area contributed by atoms with Crippen LogP contribution in [0.25, 0.3) is 76.5 Å². The summed E-state index contributed by atoms with van der Waals surface area (Å²) in [6.07, 6.45) is 0. The molecule has 0 fully saturated rings. The van der Waals surface area contributed by atoms with Gasteiger partial charge in [-0.2, -0.15) is 0 Å². The van der Waals surface area contributed by atoms with E-state index in [4.69, 9.17) is 4.42 Å². The summed E-state index contributed by atoms with van der Waals surface area (Å²) in [5, 5.41) is 9.94. The average Bonchev–Trinajstić information content (AvgIpc) is 3.30. The Kier molecular flexibility index (Phi) is 3.72.